The number of piperidine rings is 1. The van der Waals surface area contributed by atoms with E-state index in [1.807, 2.05) is 25.2 Å². The van der Waals surface area contributed by atoms with Gasteiger partial charge in [0.15, 0.2) is 0 Å². The van der Waals surface area contributed by atoms with Gasteiger partial charge in [-0.1, -0.05) is 18.2 Å². The molecular formula is C19H21N7S3. The predicted molar refractivity (Wildman–Crippen MR) is 121 cm³/mol. The molecule has 1 aliphatic heterocycles. The Labute approximate surface area is 184 Å². The van der Waals surface area contributed by atoms with Gasteiger partial charge in [0.05, 0.1) is 0 Å². The highest BCUT2D eigenvalue weighted by Gasteiger charge is 2.53. The molecule has 2 fully saturated rings. The molecule has 10 heteroatoms. The molecule has 2 aromatic carbocycles. The van der Waals surface area contributed by atoms with Crippen molar-refractivity contribution in [2.75, 3.05) is 25.5 Å². The number of H-pyrrole nitrogens is 1. The summed E-state index contributed by atoms with van der Waals surface area (Å²) in [5.41, 5.74) is 9.83. The SMILES string of the molecule is CNc1cccc(-c2ccc(SN3CC4C(N)C4C3)c(S)c2-c2nn[nH]n2)c1S. The Morgan fingerprint density at radius 1 is 1.14 bits per heavy atom. The molecule has 4 N–H and O–H groups in total. The zero-order valence-corrected chi connectivity index (χ0v) is 18.3. The Morgan fingerprint density at radius 3 is 2.62 bits per heavy atom. The van der Waals surface area contributed by atoms with Crippen LogP contribution in [0, 0.1) is 11.8 Å². The van der Waals surface area contributed by atoms with E-state index in [-0.39, 0.29) is 0 Å². The lowest BCUT2D eigenvalue weighted by Crippen LogP contribution is -2.22. The van der Waals surface area contributed by atoms with Gasteiger partial charge in [0.2, 0.25) is 5.82 Å². The number of nitrogens with zero attached hydrogens (tertiary/aromatic N) is 4. The average Bonchev–Trinajstić information content (AvgIpc) is 3.16. The van der Waals surface area contributed by atoms with Crippen molar-refractivity contribution in [3.8, 4) is 22.5 Å². The van der Waals surface area contributed by atoms with E-state index in [1.165, 1.54) is 0 Å². The smallest absolute Gasteiger partial charge is 0.206 e. The second kappa shape index (κ2) is 7.51. The van der Waals surface area contributed by atoms with Gasteiger partial charge in [-0.25, -0.2) is 4.31 Å². The number of nitrogens with one attached hydrogen (secondary N) is 2. The molecule has 7 nitrogen and oxygen atoms in total. The fourth-order valence-corrected chi connectivity index (χ4v) is 5.96. The number of aromatic amines is 1. The van der Waals surface area contributed by atoms with Gasteiger partial charge in [0, 0.05) is 52.1 Å². The molecule has 0 amide bonds. The largest absolute Gasteiger partial charge is 0.387 e. The van der Waals surface area contributed by atoms with E-state index >= 15 is 0 Å². The van der Waals surface area contributed by atoms with Crippen LogP contribution in [-0.4, -0.2) is 51.1 Å². The minimum Gasteiger partial charge on any atom is -0.387 e. The Kier molecular flexibility index (Phi) is 4.99. The predicted octanol–water partition coefficient (Wildman–Crippen LogP) is 3.05. The summed E-state index contributed by atoms with van der Waals surface area (Å²) in [7, 11) is 1.88. The van der Waals surface area contributed by atoms with Crippen molar-refractivity contribution >= 4 is 42.9 Å². The maximum atomic E-state index is 6.08. The molecule has 1 saturated carbocycles. The Hall–Kier alpha value is -1.72. The molecule has 3 aromatic rings. The first-order valence-electron chi connectivity index (χ1n) is 9.37. The molecule has 2 aliphatic rings. The number of aromatic nitrogens is 4. The van der Waals surface area contributed by atoms with Crippen molar-refractivity contribution in [2.45, 2.75) is 20.7 Å². The van der Waals surface area contributed by atoms with Crippen LogP contribution < -0.4 is 11.1 Å². The molecule has 150 valence electrons. The van der Waals surface area contributed by atoms with Gasteiger partial charge < -0.3 is 11.1 Å². The fourth-order valence-electron chi connectivity index (χ4n) is 4.07. The monoisotopic (exact) mass is 443 g/mol. The topological polar surface area (TPSA) is 95.7 Å². The average molecular weight is 444 g/mol. The third-order valence-corrected chi connectivity index (χ3v) is 7.95. The van der Waals surface area contributed by atoms with Crippen LogP contribution in [0.15, 0.2) is 45.0 Å². The third-order valence-electron chi connectivity index (χ3n) is 5.76. The van der Waals surface area contributed by atoms with Crippen LogP contribution in [0.4, 0.5) is 5.69 Å². The second-order valence-electron chi connectivity index (χ2n) is 7.37. The van der Waals surface area contributed by atoms with E-state index in [9.17, 15) is 0 Å². The Morgan fingerprint density at radius 2 is 1.93 bits per heavy atom. The van der Waals surface area contributed by atoms with Crippen molar-refractivity contribution in [1.82, 2.24) is 24.9 Å². The molecule has 5 rings (SSSR count). The van der Waals surface area contributed by atoms with E-state index in [0.29, 0.717) is 23.7 Å². The van der Waals surface area contributed by atoms with Crippen molar-refractivity contribution < 1.29 is 0 Å². The number of tetrazole rings is 1. The number of hydrogen-bond donors (Lipinski definition) is 5. The van der Waals surface area contributed by atoms with Crippen molar-refractivity contribution in [1.29, 1.82) is 0 Å². The van der Waals surface area contributed by atoms with Crippen LogP contribution >= 0.6 is 37.2 Å². The zero-order valence-electron chi connectivity index (χ0n) is 15.7. The van der Waals surface area contributed by atoms with Crippen molar-refractivity contribution in [3.05, 3.63) is 30.3 Å². The lowest BCUT2D eigenvalue weighted by Gasteiger charge is -2.20. The summed E-state index contributed by atoms with van der Waals surface area (Å²) in [5, 5.41) is 18.0. The lowest BCUT2D eigenvalue weighted by atomic mass is 9.98. The molecule has 1 aromatic heterocycles. The molecule has 0 radical (unpaired) electrons. The van der Waals surface area contributed by atoms with Gasteiger partial charge in [-0.2, -0.15) is 5.21 Å². The van der Waals surface area contributed by atoms with Gasteiger partial charge in [0.25, 0.3) is 0 Å². The minimum atomic E-state index is 0.382. The molecule has 0 bridgehead atoms. The summed E-state index contributed by atoms with van der Waals surface area (Å²) < 4.78 is 2.37. The fraction of sp³-hybridized carbons (Fsp3) is 0.316. The van der Waals surface area contributed by atoms with Crippen LogP contribution in [0.1, 0.15) is 0 Å². The zero-order chi connectivity index (χ0) is 20.1. The quantitative estimate of drug-likeness (QED) is 0.306. The summed E-state index contributed by atoms with van der Waals surface area (Å²) in [4.78, 5) is 2.76. The maximum absolute atomic E-state index is 6.08. The van der Waals surface area contributed by atoms with Gasteiger partial charge in [-0.3, -0.25) is 0 Å². The van der Waals surface area contributed by atoms with Crippen LogP contribution in [0.3, 0.4) is 0 Å². The van der Waals surface area contributed by atoms with Crippen LogP contribution in [0.25, 0.3) is 22.5 Å². The first kappa shape index (κ1) is 19.3. The molecule has 1 aliphatic carbocycles. The molecule has 29 heavy (non-hydrogen) atoms. The van der Waals surface area contributed by atoms with E-state index in [1.54, 1.807) is 11.9 Å². The number of hydrogen-bond acceptors (Lipinski definition) is 9. The molecule has 1 saturated heterocycles. The first-order valence-corrected chi connectivity index (χ1v) is 11.0. The second-order valence-corrected chi connectivity index (χ2v) is 9.40. The summed E-state index contributed by atoms with van der Waals surface area (Å²) in [6.45, 7) is 2.04. The first-order chi connectivity index (χ1) is 14.1. The maximum Gasteiger partial charge on any atom is 0.206 e. The van der Waals surface area contributed by atoms with E-state index in [4.69, 9.17) is 31.0 Å². The summed E-state index contributed by atoms with van der Waals surface area (Å²) in [6, 6.07) is 10.6. The number of nitrogens with two attached hydrogens (primary N) is 1. The minimum absolute atomic E-state index is 0.382. The molecule has 2 heterocycles. The highest BCUT2D eigenvalue weighted by Crippen LogP contribution is 2.49. The van der Waals surface area contributed by atoms with Crippen molar-refractivity contribution in [2.24, 2.45) is 17.6 Å². The number of thiol groups is 2. The number of fused-ring (bicyclic) bond motifs is 1. The van der Waals surface area contributed by atoms with Crippen molar-refractivity contribution in [3.63, 3.8) is 0 Å². The third kappa shape index (κ3) is 3.32. The van der Waals surface area contributed by atoms with E-state index in [0.717, 1.165) is 50.2 Å². The lowest BCUT2D eigenvalue weighted by molar-refractivity contribution is 0.496. The van der Waals surface area contributed by atoms with Gasteiger partial charge in [-0.05, 0) is 52.3 Å². The van der Waals surface area contributed by atoms with Crippen LogP contribution in [0.5, 0.6) is 0 Å². The Bertz CT molecular complexity index is 1040. The standard InChI is InChI=1S/C19H21N7S3/c1-21-13-4-2-3-10(17(13)27)9-5-6-14(18(28)15(9)19-22-24-25-23-19)29-26-7-11-12(8-26)16(11)20/h2-6,11-12,16,21,27-28H,7-8,20H2,1H3,(H,22,23,24,25). The van der Waals surface area contributed by atoms with E-state index < -0.39 is 0 Å². The molecular weight excluding hydrogens is 422 g/mol. The number of anilines is 1. The van der Waals surface area contributed by atoms with E-state index in [2.05, 4.69) is 42.4 Å². The van der Waals surface area contributed by atoms with Gasteiger partial charge >= 0.3 is 0 Å². The van der Waals surface area contributed by atoms with Crippen LogP contribution in [0.2, 0.25) is 0 Å². The summed E-state index contributed by atoms with van der Waals surface area (Å²) in [6.07, 6.45) is 0. The van der Waals surface area contributed by atoms with Gasteiger partial charge in [-0.15, -0.1) is 35.5 Å². The number of rotatable bonds is 5. The summed E-state index contributed by atoms with van der Waals surface area (Å²) in [5.74, 6) is 1.79. The normalized spacial score (nSPS) is 23.2. The Balaban J connectivity index is 1.57. The van der Waals surface area contributed by atoms with Gasteiger partial charge in [0.1, 0.15) is 0 Å². The highest BCUT2D eigenvalue weighted by molar-refractivity contribution is 7.97. The number of benzene rings is 2. The van der Waals surface area contributed by atoms with Crippen LogP contribution in [-0.2, 0) is 0 Å². The molecule has 0 spiro atoms. The summed E-state index contributed by atoms with van der Waals surface area (Å²) >= 11 is 11.4. The molecule has 2 unspecified atom stereocenters. The highest BCUT2D eigenvalue weighted by atomic mass is 32.2. The molecule has 2 atom stereocenters.